The molecule has 1 aromatic carbocycles. The molecule has 0 radical (unpaired) electrons. The van der Waals surface area contributed by atoms with E-state index in [-0.39, 0.29) is 4.75 Å². The lowest BCUT2D eigenvalue weighted by Crippen LogP contribution is -2.08. The van der Waals surface area contributed by atoms with Gasteiger partial charge in [-0.15, -0.1) is 22.0 Å². The molecule has 0 aliphatic carbocycles. The molecule has 4 heteroatoms. The predicted molar refractivity (Wildman–Crippen MR) is 77.5 cm³/mol. The van der Waals surface area contributed by atoms with Crippen molar-refractivity contribution >= 4 is 17.6 Å². The van der Waals surface area contributed by atoms with Gasteiger partial charge in [0.25, 0.3) is 0 Å². The zero-order chi connectivity index (χ0) is 13.2. The molecule has 2 aromatic rings. The summed E-state index contributed by atoms with van der Waals surface area (Å²) in [5, 5.41) is 8.20. The zero-order valence-electron chi connectivity index (χ0n) is 10.8. The van der Waals surface area contributed by atoms with Crippen molar-refractivity contribution < 1.29 is 0 Å². The number of nitrogens with zero attached hydrogens (tertiary/aromatic N) is 2. The molecule has 0 atom stereocenters. The SMILES string of the molecule is CC(C)(C)Sc1cc(N)nnc1-c1ccccc1. The number of aromatic nitrogens is 2. The highest BCUT2D eigenvalue weighted by Gasteiger charge is 2.17. The molecule has 3 nitrogen and oxygen atoms in total. The van der Waals surface area contributed by atoms with Gasteiger partial charge < -0.3 is 5.73 Å². The van der Waals surface area contributed by atoms with E-state index < -0.39 is 0 Å². The minimum atomic E-state index is 0.110. The first kappa shape index (κ1) is 12.9. The molecular weight excluding hydrogens is 242 g/mol. The van der Waals surface area contributed by atoms with Crippen LogP contribution in [0.3, 0.4) is 0 Å². The number of nitrogen functional groups attached to an aromatic ring is 1. The van der Waals surface area contributed by atoms with Gasteiger partial charge in [-0.3, -0.25) is 0 Å². The van der Waals surface area contributed by atoms with E-state index in [1.54, 1.807) is 11.8 Å². The van der Waals surface area contributed by atoms with Gasteiger partial charge in [-0.1, -0.05) is 51.1 Å². The monoisotopic (exact) mass is 259 g/mol. The maximum absolute atomic E-state index is 5.74. The second-order valence-corrected chi connectivity index (χ2v) is 6.93. The van der Waals surface area contributed by atoms with Crippen molar-refractivity contribution in [1.82, 2.24) is 10.2 Å². The van der Waals surface area contributed by atoms with E-state index in [2.05, 4.69) is 31.0 Å². The lowest BCUT2D eigenvalue weighted by atomic mass is 10.1. The number of nitrogens with two attached hydrogens (primary N) is 1. The fourth-order valence-electron chi connectivity index (χ4n) is 1.59. The number of hydrogen-bond donors (Lipinski definition) is 1. The Kier molecular flexibility index (Phi) is 3.57. The van der Waals surface area contributed by atoms with E-state index in [1.807, 2.05) is 36.4 Å². The van der Waals surface area contributed by atoms with Crippen molar-refractivity contribution in [3.05, 3.63) is 36.4 Å². The molecule has 0 unspecified atom stereocenters. The molecule has 0 spiro atoms. The Morgan fingerprint density at radius 3 is 2.33 bits per heavy atom. The third-order valence-electron chi connectivity index (χ3n) is 2.24. The quantitative estimate of drug-likeness (QED) is 0.837. The smallest absolute Gasteiger partial charge is 0.147 e. The van der Waals surface area contributed by atoms with Gasteiger partial charge in [0, 0.05) is 15.2 Å². The first-order valence-electron chi connectivity index (χ1n) is 5.83. The van der Waals surface area contributed by atoms with Crippen LogP contribution in [0, 0.1) is 0 Å². The Morgan fingerprint density at radius 1 is 1.06 bits per heavy atom. The topological polar surface area (TPSA) is 51.8 Å². The minimum Gasteiger partial charge on any atom is -0.382 e. The summed E-state index contributed by atoms with van der Waals surface area (Å²) >= 11 is 1.75. The van der Waals surface area contributed by atoms with E-state index in [1.165, 1.54) is 0 Å². The average molecular weight is 259 g/mol. The van der Waals surface area contributed by atoms with Crippen molar-refractivity contribution in [2.24, 2.45) is 0 Å². The van der Waals surface area contributed by atoms with Gasteiger partial charge >= 0.3 is 0 Å². The first-order chi connectivity index (χ1) is 8.46. The van der Waals surface area contributed by atoms with Crippen molar-refractivity contribution in [3.63, 3.8) is 0 Å². The molecule has 18 heavy (non-hydrogen) atoms. The van der Waals surface area contributed by atoms with Gasteiger partial charge in [-0.2, -0.15) is 0 Å². The predicted octanol–water partition coefficient (Wildman–Crippen LogP) is 3.62. The largest absolute Gasteiger partial charge is 0.382 e. The molecule has 0 saturated carbocycles. The third kappa shape index (κ3) is 3.23. The molecule has 0 bridgehead atoms. The molecule has 94 valence electrons. The van der Waals surface area contributed by atoms with E-state index in [0.717, 1.165) is 16.2 Å². The normalized spacial score (nSPS) is 11.5. The molecule has 0 aliphatic rings. The Hall–Kier alpha value is -1.55. The summed E-state index contributed by atoms with van der Waals surface area (Å²) in [6.07, 6.45) is 0. The van der Waals surface area contributed by atoms with Gasteiger partial charge in [-0.05, 0) is 6.07 Å². The zero-order valence-corrected chi connectivity index (χ0v) is 11.7. The molecule has 2 N–H and O–H groups in total. The fraction of sp³-hybridized carbons (Fsp3) is 0.286. The second kappa shape index (κ2) is 4.98. The highest BCUT2D eigenvalue weighted by atomic mass is 32.2. The van der Waals surface area contributed by atoms with Gasteiger partial charge in [-0.25, -0.2) is 0 Å². The van der Waals surface area contributed by atoms with E-state index in [0.29, 0.717) is 5.82 Å². The molecule has 0 fully saturated rings. The molecule has 0 amide bonds. The maximum atomic E-state index is 5.74. The van der Waals surface area contributed by atoms with Crippen LogP contribution in [0.1, 0.15) is 20.8 Å². The van der Waals surface area contributed by atoms with Crippen LogP contribution < -0.4 is 5.73 Å². The van der Waals surface area contributed by atoms with E-state index in [4.69, 9.17) is 5.73 Å². The van der Waals surface area contributed by atoms with Crippen molar-refractivity contribution in [3.8, 4) is 11.3 Å². The van der Waals surface area contributed by atoms with Gasteiger partial charge in [0.2, 0.25) is 0 Å². The van der Waals surface area contributed by atoms with Crippen LogP contribution in [0.5, 0.6) is 0 Å². The van der Waals surface area contributed by atoms with Crippen molar-refractivity contribution in [2.75, 3.05) is 5.73 Å². The Morgan fingerprint density at radius 2 is 1.72 bits per heavy atom. The number of thioether (sulfide) groups is 1. The molecule has 1 aromatic heterocycles. The molecule has 1 heterocycles. The van der Waals surface area contributed by atoms with Crippen molar-refractivity contribution in [1.29, 1.82) is 0 Å². The van der Waals surface area contributed by atoms with Crippen LogP contribution in [-0.4, -0.2) is 14.9 Å². The summed E-state index contributed by atoms with van der Waals surface area (Å²) in [4.78, 5) is 1.07. The van der Waals surface area contributed by atoms with E-state index >= 15 is 0 Å². The van der Waals surface area contributed by atoms with Crippen LogP contribution in [-0.2, 0) is 0 Å². The summed E-state index contributed by atoms with van der Waals surface area (Å²) in [5.41, 5.74) is 7.70. The van der Waals surface area contributed by atoms with Gasteiger partial charge in [0.15, 0.2) is 0 Å². The van der Waals surface area contributed by atoms with Crippen LogP contribution in [0.15, 0.2) is 41.3 Å². The Balaban J connectivity index is 2.47. The highest BCUT2D eigenvalue weighted by Crippen LogP contribution is 2.37. The summed E-state index contributed by atoms with van der Waals surface area (Å²) in [6, 6.07) is 12.0. The van der Waals surface area contributed by atoms with Crippen LogP contribution in [0.4, 0.5) is 5.82 Å². The summed E-state index contributed by atoms with van der Waals surface area (Å²) in [6.45, 7) is 6.51. The fourth-order valence-corrected chi connectivity index (χ4v) is 2.69. The first-order valence-corrected chi connectivity index (χ1v) is 6.65. The average Bonchev–Trinajstić information content (AvgIpc) is 2.28. The maximum Gasteiger partial charge on any atom is 0.147 e. The summed E-state index contributed by atoms with van der Waals surface area (Å²) < 4.78 is 0.110. The molecular formula is C14H17N3S. The Bertz CT molecular complexity index is 532. The molecule has 0 aliphatic heterocycles. The number of anilines is 1. The van der Waals surface area contributed by atoms with Crippen LogP contribution >= 0.6 is 11.8 Å². The lowest BCUT2D eigenvalue weighted by Gasteiger charge is -2.19. The number of hydrogen-bond acceptors (Lipinski definition) is 4. The molecule has 0 saturated heterocycles. The third-order valence-corrected chi connectivity index (χ3v) is 3.38. The summed E-state index contributed by atoms with van der Waals surface area (Å²) in [7, 11) is 0. The van der Waals surface area contributed by atoms with Gasteiger partial charge in [0.1, 0.15) is 11.5 Å². The second-order valence-electron chi connectivity index (χ2n) is 5.06. The van der Waals surface area contributed by atoms with E-state index in [9.17, 15) is 0 Å². The highest BCUT2D eigenvalue weighted by molar-refractivity contribution is 8.00. The summed E-state index contributed by atoms with van der Waals surface area (Å²) in [5.74, 6) is 0.460. The van der Waals surface area contributed by atoms with Crippen LogP contribution in [0.2, 0.25) is 0 Å². The van der Waals surface area contributed by atoms with Crippen LogP contribution in [0.25, 0.3) is 11.3 Å². The lowest BCUT2D eigenvalue weighted by molar-refractivity contribution is 0.802. The van der Waals surface area contributed by atoms with Gasteiger partial charge in [0.05, 0.1) is 0 Å². The standard InChI is InChI=1S/C14H17N3S/c1-14(2,3)18-11-9-12(15)16-17-13(11)10-7-5-4-6-8-10/h4-9H,1-3H3,(H2,15,16). The Labute approximate surface area is 112 Å². The number of benzene rings is 1. The minimum absolute atomic E-state index is 0.110. The number of rotatable bonds is 2. The van der Waals surface area contributed by atoms with Crippen molar-refractivity contribution in [2.45, 2.75) is 30.4 Å². The molecule has 2 rings (SSSR count).